The lowest BCUT2D eigenvalue weighted by molar-refractivity contribution is 0.475. The average Bonchev–Trinajstić information content (AvgIpc) is 2.16. The van der Waals surface area contributed by atoms with Gasteiger partial charge < -0.3 is 10.4 Å². The van der Waals surface area contributed by atoms with Crippen molar-refractivity contribution < 1.29 is 13.5 Å². The Morgan fingerprint density at radius 2 is 1.86 bits per heavy atom. The van der Waals surface area contributed by atoms with E-state index in [0.29, 0.717) is 6.54 Å². The highest BCUT2D eigenvalue weighted by Crippen LogP contribution is 2.15. The Bertz CT molecular complexity index is 383. The van der Waals surface area contributed by atoms with E-state index in [2.05, 4.69) is 5.32 Å². The summed E-state index contributed by atoms with van der Waals surface area (Å²) in [6.07, 6.45) is 0. The fraction of sp³-hybridized carbons (Fsp3) is 0.333. The smallest absolute Gasteiger partial charge is 0.179 e. The Morgan fingerprint density at radius 1 is 1.29 bits per heavy atom. The average molecular weight is 215 g/mol. The maximum atomic E-state index is 11.6. The minimum Gasteiger partial charge on any atom is -0.508 e. The molecule has 0 saturated carbocycles. The van der Waals surface area contributed by atoms with Crippen molar-refractivity contribution in [2.75, 3.05) is 19.3 Å². The Morgan fingerprint density at radius 3 is 2.36 bits per heavy atom. The van der Waals surface area contributed by atoms with Crippen molar-refractivity contribution in [2.24, 2.45) is 0 Å². The Hall–Kier alpha value is -1.07. The zero-order valence-corrected chi connectivity index (χ0v) is 8.71. The second kappa shape index (κ2) is 4.43. The van der Waals surface area contributed by atoms with Crippen molar-refractivity contribution in [2.45, 2.75) is 4.90 Å². The van der Waals surface area contributed by atoms with Gasteiger partial charge in [0.05, 0.1) is 10.6 Å². The first-order valence-electron chi connectivity index (χ1n) is 4.22. The number of aromatic hydroxyl groups is 1. The van der Waals surface area contributed by atoms with Gasteiger partial charge in [-0.3, -0.25) is 0 Å². The molecule has 0 aromatic heterocycles. The maximum Gasteiger partial charge on any atom is 0.179 e. The number of nitrogens with one attached hydrogen (secondary N) is 1. The molecule has 0 fully saturated rings. The number of hydrogen-bond acceptors (Lipinski definition) is 4. The molecule has 0 unspecified atom stereocenters. The fourth-order valence-corrected chi connectivity index (χ4v) is 2.27. The highest BCUT2D eigenvalue weighted by atomic mass is 32.2. The van der Waals surface area contributed by atoms with Gasteiger partial charge in [0.15, 0.2) is 9.84 Å². The van der Waals surface area contributed by atoms with Crippen LogP contribution in [0.4, 0.5) is 0 Å². The molecule has 0 radical (unpaired) electrons. The van der Waals surface area contributed by atoms with Gasteiger partial charge in [-0.2, -0.15) is 0 Å². The maximum absolute atomic E-state index is 11.6. The van der Waals surface area contributed by atoms with Crippen molar-refractivity contribution in [1.82, 2.24) is 5.32 Å². The molecule has 0 aliphatic carbocycles. The summed E-state index contributed by atoms with van der Waals surface area (Å²) in [5, 5.41) is 11.8. The van der Waals surface area contributed by atoms with Gasteiger partial charge in [-0.05, 0) is 31.3 Å². The van der Waals surface area contributed by atoms with Gasteiger partial charge in [0.1, 0.15) is 5.75 Å². The molecule has 0 bridgehead atoms. The number of benzene rings is 1. The van der Waals surface area contributed by atoms with Gasteiger partial charge >= 0.3 is 0 Å². The van der Waals surface area contributed by atoms with Gasteiger partial charge in [-0.1, -0.05) is 0 Å². The summed E-state index contributed by atoms with van der Waals surface area (Å²) in [5.74, 6) is 0.131. The monoisotopic (exact) mass is 215 g/mol. The first kappa shape index (κ1) is 11.0. The van der Waals surface area contributed by atoms with E-state index in [-0.39, 0.29) is 16.4 Å². The number of phenolic OH excluding ortho intramolecular Hbond substituents is 1. The molecule has 5 heteroatoms. The summed E-state index contributed by atoms with van der Waals surface area (Å²) < 4.78 is 23.2. The number of hydrogen-bond donors (Lipinski definition) is 2. The number of sulfone groups is 1. The van der Waals surface area contributed by atoms with Gasteiger partial charge in [-0.15, -0.1) is 0 Å². The van der Waals surface area contributed by atoms with Gasteiger partial charge in [-0.25, -0.2) is 8.42 Å². The minimum atomic E-state index is -3.21. The van der Waals surface area contributed by atoms with Crippen LogP contribution in [-0.4, -0.2) is 32.9 Å². The topological polar surface area (TPSA) is 66.4 Å². The summed E-state index contributed by atoms with van der Waals surface area (Å²) in [4.78, 5) is 0.241. The van der Waals surface area contributed by atoms with E-state index in [1.54, 1.807) is 7.05 Å². The standard InChI is InChI=1S/C9H13NO3S/c1-10-6-7-14(12,13)9-4-2-8(11)3-5-9/h2-5,10-11H,6-7H2,1H3. The van der Waals surface area contributed by atoms with Crippen LogP contribution in [0.3, 0.4) is 0 Å². The van der Waals surface area contributed by atoms with Crippen LogP contribution in [0.1, 0.15) is 0 Å². The lowest BCUT2D eigenvalue weighted by atomic mass is 10.3. The van der Waals surface area contributed by atoms with Crippen LogP contribution in [0.5, 0.6) is 5.75 Å². The highest BCUT2D eigenvalue weighted by Gasteiger charge is 2.12. The second-order valence-electron chi connectivity index (χ2n) is 2.92. The van der Waals surface area contributed by atoms with Gasteiger partial charge in [0.2, 0.25) is 0 Å². The molecule has 0 saturated heterocycles. The summed E-state index contributed by atoms with van der Waals surface area (Å²) in [6.45, 7) is 0.420. The van der Waals surface area contributed by atoms with E-state index in [0.717, 1.165) is 0 Å². The Balaban J connectivity index is 2.87. The van der Waals surface area contributed by atoms with Crippen LogP contribution in [-0.2, 0) is 9.84 Å². The molecular weight excluding hydrogens is 202 g/mol. The molecule has 0 aliphatic rings. The fourth-order valence-electron chi connectivity index (χ4n) is 1.01. The molecular formula is C9H13NO3S. The Kier molecular flexibility index (Phi) is 3.49. The lowest BCUT2D eigenvalue weighted by Gasteiger charge is -2.03. The summed E-state index contributed by atoms with van der Waals surface area (Å²) in [5.41, 5.74) is 0. The third-order valence-electron chi connectivity index (χ3n) is 1.82. The molecule has 14 heavy (non-hydrogen) atoms. The van der Waals surface area contributed by atoms with Crippen LogP contribution in [0.25, 0.3) is 0 Å². The first-order chi connectivity index (χ1) is 6.56. The SMILES string of the molecule is CNCCS(=O)(=O)c1ccc(O)cc1. The van der Waals surface area contributed by atoms with Crippen LogP contribution in [0.15, 0.2) is 29.2 Å². The molecule has 0 heterocycles. The van der Waals surface area contributed by atoms with E-state index in [1.807, 2.05) is 0 Å². The summed E-state index contributed by atoms with van der Waals surface area (Å²) in [7, 11) is -1.51. The highest BCUT2D eigenvalue weighted by molar-refractivity contribution is 7.91. The van der Waals surface area contributed by atoms with Crippen molar-refractivity contribution in [3.8, 4) is 5.75 Å². The molecule has 0 amide bonds. The van der Waals surface area contributed by atoms with Gasteiger partial charge in [0.25, 0.3) is 0 Å². The molecule has 1 aromatic rings. The molecule has 4 nitrogen and oxygen atoms in total. The molecule has 78 valence electrons. The molecule has 1 aromatic carbocycles. The van der Waals surface area contributed by atoms with Crippen LogP contribution < -0.4 is 5.32 Å². The molecule has 0 spiro atoms. The minimum absolute atomic E-state index is 0.0638. The van der Waals surface area contributed by atoms with E-state index < -0.39 is 9.84 Å². The predicted molar refractivity (Wildman–Crippen MR) is 54.1 cm³/mol. The second-order valence-corrected chi connectivity index (χ2v) is 5.03. The molecule has 0 atom stereocenters. The van der Waals surface area contributed by atoms with Crippen molar-refractivity contribution >= 4 is 9.84 Å². The molecule has 1 rings (SSSR count). The Labute approximate surface area is 83.5 Å². The predicted octanol–water partition coefficient (Wildman–Crippen LogP) is 0.385. The zero-order valence-electron chi connectivity index (χ0n) is 7.90. The van der Waals surface area contributed by atoms with Crippen molar-refractivity contribution in [1.29, 1.82) is 0 Å². The molecule has 2 N–H and O–H groups in total. The zero-order chi connectivity index (χ0) is 10.6. The van der Waals surface area contributed by atoms with E-state index >= 15 is 0 Å². The quantitative estimate of drug-likeness (QED) is 0.762. The van der Waals surface area contributed by atoms with Crippen LogP contribution in [0, 0.1) is 0 Å². The summed E-state index contributed by atoms with van der Waals surface area (Å²) >= 11 is 0. The van der Waals surface area contributed by atoms with Crippen molar-refractivity contribution in [3.63, 3.8) is 0 Å². The van der Waals surface area contributed by atoms with E-state index in [4.69, 9.17) is 5.11 Å². The van der Waals surface area contributed by atoms with E-state index in [1.165, 1.54) is 24.3 Å². The van der Waals surface area contributed by atoms with Crippen molar-refractivity contribution in [3.05, 3.63) is 24.3 Å². The van der Waals surface area contributed by atoms with Crippen LogP contribution >= 0.6 is 0 Å². The molecule has 0 aliphatic heterocycles. The largest absolute Gasteiger partial charge is 0.508 e. The number of rotatable bonds is 4. The van der Waals surface area contributed by atoms with Gasteiger partial charge in [0, 0.05) is 6.54 Å². The normalized spacial score (nSPS) is 11.5. The third kappa shape index (κ3) is 2.71. The third-order valence-corrected chi connectivity index (χ3v) is 3.55. The lowest BCUT2D eigenvalue weighted by Crippen LogP contribution is -2.19. The van der Waals surface area contributed by atoms with E-state index in [9.17, 15) is 8.42 Å². The number of phenols is 1. The first-order valence-corrected chi connectivity index (χ1v) is 5.88. The summed E-state index contributed by atoms with van der Waals surface area (Å²) in [6, 6.07) is 5.54. The van der Waals surface area contributed by atoms with Crippen LogP contribution in [0.2, 0.25) is 0 Å².